The van der Waals surface area contributed by atoms with E-state index in [1.165, 1.54) is 5.56 Å². The normalized spacial score (nSPS) is 20.0. The Labute approximate surface area is 249 Å². The Kier molecular flexibility index (Phi) is 9.42. The number of methoxy groups -OCH3 is 1. The minimum absolute atomic E-state index is 0. The molecule has 1 heterocycles. The average molecular weight is 543 g/mol. The molecule has 0 amide bonds. The molecule has 8 heteroatoms. The number of halogens is 1. The summed E-state index contributed by atoms with van der Waals surface area (Å²) in [4.78, 5) is 24.4. The predicted molar refractivity (Wildman–Crippen MR) is 138 cm³/mol. The quantitative estimate of drug-likeness (QED) is 0.321. The number of carbonyl (C=O) groups is 2. The molecule has 1 saturated carbocycles. The first kappa shape index (κ1) is 28.5. The van der Waals surface area contributed by atoms with Crippen molar-refractivity contribution in [2.75, 3.05) is 13.7 Å². The van der Waals surface area contributed by atoms with Crippen LogP contribution in [0.2, 0.25) is 5.02 Å². The first-order valence-corrected chi connectivity index (χ1v) is 12.9. The van der Waals surface area contributed by atoms with Gasteiger partial charge in [-0.05, 0) is 85.5 Å². The molecule has 0 bridgehead atoms. The van der Waals surface area contributed by atoms with Crippen molar-refractivity contribution in [2.24, 2.45) is 5.92 Å². The molecule has 5 rings (SSSR count). The molecule has 0 radical (unpaired) electrons. The van der Waals surface area contributed by atoms with Crippen LogP contribution in [0, 0.1) is 5.92 Å². The minimum atomic E-state index is -1.15. The number of fused-ring (bicyclic) bond motifs is 1. The van der Waals surface area contributed by atoms with Crippen molar-refractivity contribution in [3.63, 3.8) is 0 Å². The molecule has 1 aliphatic heterocycles. The second-order valence-electron chi connectivity index (χ2n) is 9.73. The van der Waals surface area contributed by atoms with E-state index in [1.54, 1.807) is 43.5 Å². The number of Topliss-reactive ketones (excluding diaryl/α,β-unsaturated/α-hetero) is 1. The zero-order valence-corrected chi connectivity index (χ0v) is 24.3. The molecule has 0 spiro atoms. The summed E-state index contributed by atoms with van der Waals surface area (Å²) in [7, 11) is 1.67. The van der Waals surface area contributed by atoms with Gasteiger partial charge in [0, 0.05) is 35.5 Å². The summed E-state index contributed by atoms with van der Waals surface area (Å²) in [6.45, 7) is 0.283. The van der Waals surface area contributed by atoms with Gasteiger partial charge in [0.25, 0.3) is 0 Å². The van der Waals surface area contributed by atoms with E-state index in [9.17, 15) is 14.7 Å². The SMILES string of the molecule is COc1ccc(C2CCC(CC(=O)c3ccc(Oc4cc5c(cc4Cl)C(C(=O)[O-])CCO5)cc3)C2)cc1.[Na+]. The standard InChI is InChI=1S/C30H29ClO6.Na/c1-35-22-8-4-19(5-9-22)21-3-2-18(14-21)15-27(32)20-6-10-23(11-7-20)37-29-17-28-25(16-26(29)31)24(30(33)34)12-13-36-28;/h4-11,16-18,21,24H,2-3,12-15H2,1H3,(H,33,34);/q;+1/p-1. The van der Waals surface area contributed by atoms with Gasteiger partial charge in [-0.3, -0.25) is 4.79 Å². The maximum Gasteiger partial charge on any atom is 1.00 e. The van der Waals surface area contributed by atoms with E-state index in [-0.39, 0.29) is 47.0 Å². The van der Waals surface area contributed by atoms with Crippen molar-refractivity contribution in [2.45, 2.75) is 43.9 Å². The smallest absolute Gasteiger partial charge is 0.549 e. The summed E-state index contributed by atoms with van der Waals surface area (Å²) < 4.78 is 16.8. The van der Waals surface area contributed by atoms with Crippen molar-refractivity contribution >= 4 is 23.4 Å². The van der Waals surface area contributed by atoms with Gasteiger partial charge >= 0.3 is 29.6 Å². The number of benzene rings is 3. The third kappa shape index (κ3) is 6.37. The number of carboxylic acid groups (broad SMARTS) is 1. The first-order chi connectivity index (χ1) is 17.9. The van der Waals surface area contributed by atoms with E-state index in [1.807, 2.05) is 12.1 Å². The first-order valence-electron chi connectivity index (χ1n) is 12.5. The number of hydrogen-bond acceptors (Lipinski definition) is 6. The fraction of sp³-hybridized carbons (Fsp3) is 0.333. The van der Waals surface area contributed by atoms with Gasteiger partial charge in [-0.25, -0.2) is 0 Å². The zero-order chi connectivity index (χ0) is 25.9. The van der Waals surface area contributed by atoms with Crippen molar-refractivity contribution in [3.05, 3.63) is 82.4 Å². The van der Waals surface area contributed by atoms with Crippen LogP contribution in [0.15, 0.2) is 60.7 Å². The topological polar surface area (TPSA) is 84.9 Å². The third-order valence-electron chi connectivity index (χ3n) is 7.39. The van der Waals surface area contributed by atoms with Gasteiger partial charge in [0.15, 0.2) is 5.78 Å². The monoisotopic (exact) mass is 542 g/mol. The molecular formula is C30H28ClNaO6. The van der Waals surface area contributed by atoms with Gasteiger partial charge in [-0.1, -0.05) is 23.7 Å². The molecule has 0 N–H and O–H groups in total. The van der Waals surface area contributed by atoms with E-state index in [0.29, 0.717) is 53.1 Å². The molecule has 1 aliphatic carbocycles. The summed E-state index contributed by atoms with van der Waals surface area (Å²) in [5, 5.41) is 11.7. The zero-order valence-electron chi connectivity index (χ0n) is 21.6. The molecule has 1 fully saturated rings. The molecule has 0 saturated heterocycles. The second kappa shape index (κ2) is 12.6. The average Bonchev–Trinajstić information content (AvgIpc) is 3.37. The van der Waals surface area contributed by atoms with Gasteiger partial charge in [0.2, 0.25) is 0 Å². The van der Waals surface area contributed by atoms with Crippen LogP contribution in [0.25, 0.3) is 0 Å². The minimum Gasteiger partial charge on any atom is -0.549 e. The molecule has 38 heavy (non-hydrogen) atoms. The van der Waals surface area contributed by atoms with Gasteiger partial charge in [-0.15, -0.1) is 0 Å². The Morgan fingerprint density at radius 1 is 1.00 bits per heavy atom. The van der Waals surface area contributed by atoms with E-state index in [0.717, 1.165) is 25.0 Å². The summed E-state index contributed by atoms with van der Waals surface area (Å²) >= 11 is 6.37. The van der Waals surface area contributed by atoms with Crippen LogP contribution < -0.4 is 48.9 Å². The second-order valence-corrected chi connectivity index (χ2v) is 10.1. The maximum atomic E-state index is 12.9. The molecule has 6 nitrogen and oxygen atoms in total. The van der Waals surface area contributed by atoms with Crippen molar-refractivity contribution in [1.29, 1.82) is 0 Å². The van der Waals surface area contributed by atoms with Crippen LogP contribution in [0.4, 0.5) is 0 Å². The molecule has 0 aromatic heterocycles. The van der Waals surface area contributed by atoms with E-state index >= 15 is 0 Å². The summed E-state index contributed by atoms with van der Waals surface area (Å²) in [6.07, 6.45) is 4.01. The fourth-order valence-electron chi connectivity index (χ4n) is 5.37. The van der Waals surface area contributed by atoms with Crippen LogP contribution in [0.5, 0.6) is 23.0 Å². The number of carboxylic acids is 1. The maximum absolute atomic E-state index is 12.9. The number of rotatable bonds is 8. The van der Waals surface area contributed by atoms with Crippen molar-refractivity contribution in [1.82, 2.24) is 0 Å². The van der Waals surface area contributed by atoms with Gasteiger partial charge < -0.3 is 24.1 Å². The van der Waals surface area contributed by atoms with Crippen LogP contribution in [0.3, 0.4) is 0 Å². The molecular weight excluding hydrogens is 515 g/mol. The number of hydrogen-bond donors (Lipinski definition) is 0. The number of ketones is 1. The van der Waals surface area contributed by atoms with Crippen molar-refractivity contribution < 1.29 is 58.5 Å². The van der Waals surface area contributed by atoms with Gasteiger partial charge in [0.05, 0.1) is 18.7 Å². The fourth-order valence-corrected chi connectivity index (χ4v) is 5.58. The number of aliphatic carboxylic acids is 1. The molecule has 3 aromatic carbocycles. The van der Waals surface area contributed by atoms with Crippen LogP contribution in [-0.2, 0) is 4.79 Å². The van der Waals surface area contributed by atoms with Crippen LogP contribution in [-0.4, -0.2) is 25.5 Å². The Hall–Kier alpha value is -2.51. The van der Waals surface area contributed by atoms with Gasteiger partial charge in [-0.2, -0.15) is 0 Å². The Morgan fingerprint density at radius 2 is 1.71 bits per heavy atom. The van der Waals surface area contributed by atoms with Crippen LogP contribution >= 0.6 is 11.6 Å². The van der Waals surface area contributed by atoms with E-state index in [4.69, 9.17) is 25.8 Å². The van der Waals surface area contributed by atoms with E-state index < -0.39 is 11.9 Å². The summed E-state index contributed by atoms with van der Waals surface area (Å²) in [5.74, 6) is 1.22. The molecule has 3 aromatic rings. The number of ether oxygens (including phenoxy) is 3. The largest absolute Gasteiger partial charge is 1.00 e. The predicted octanol–water partition coefficient (Wildman–Crippen LogP) is 2.92. The summed E-state index contributed by atoms with van der Waals surface area (Å²) in [6, 6.07) is 18.4. The molecule has 2 aliphatic rings. The molecule has 3 unspecified atom stereocenters. The molecule has 192 valence electrons. The Bertz CT molecular complexity index is 1290. The van der Waals surface area contributed by atoms with Crippen LogP contribution in [0.1, 0.15) is 65.4 Å². The Morgan fingerprint density at radius 3 is 2.39 bits per heavy atom. The van der Waals surface area contributed by atoms with E-state index in [2.05, 4.69) is 12.1 Å². The molecule has 3 atom stereocenters. The van der Waals surface area contributed by atoms with Gasteiger partial charge in [0.1, 0.15) is 23.0 Å². The number of carbonyl (C=O) groups excluding carboxylic acids is 2. The Balaban J connectivity index is 0.00000336. The van der Waals surface area contributed by atoms with Crippen molar-refractivity contribution in [3.8, 4) is 23.0 Å². The third-order valence-corrected chi connectivity index (χ3v) is 7.69. The summed E-state index contributed by atoms with van der Waals surface area (Å²) in [5.41, 5.74) is 2.45.